The average molecular weight is 705 g/mol. The van der Waals surface area contributed by atoms with E-state index in [4.69, 9.17) is 0 Å². The number of benzene rings is 2. The molecule has 2 atom stereocenters. The van der Waals surface area contributed by atoms with Gasteiger partial charge in [-0.25, -0.2) is 9.59 Å². The maximum atomic E-state index is 13.0. The fourth-order valence-corrected chi connectivity index (χ4v) is 7.68. The summed E-state index contributed by atoms with van der Waals surface area (Å²) in [5, 5.41) is 9.19. The molecule has 0 aliphatic heterocycles. The molecule has 1 aliphatic carbocycles. The van der Waals surface area contributed by atoms with E-state index in [1.165, 1.54) is 11.1 Å². The number of amides is 6. The van der Waals surface area contributed by atoms with Gasteiger partial charge < -0.3 is 30.7 Å². The molecule has 2 aromatic carbocycles. The molecular weight excluding hydrogens is 640 g/mol. The van der Waals surface area contributed by atoms with E-state index in [2.05, 4.69) is 48.9 Å². The molecule has 10 nitrogen and oxygen atoms in total. The van der Waals surface area contributed by atoms with Crippen molar-refractivity contribution in [2.45, 2.75) is 85.0 Å². The lowest BCUT2D eigenvalue weighted by atomic mass is 9.60. The smallest absolute Gasteiger partial charge is 0.317 e. The number of nitrogens with zero attached hydrogens (tertiary/aromatic N) is 3. The van der Waals surface area contributed by atoms with Crippen LogP contribution in [0.4, 0.5) is 9.59 Å². The van der Waals surface area contributed by atoms with Crippen LogP contribution >= 0.6 is 0 Å². The van der Waals surface area contributed by atoms with Crippen LogP contribution in [0.3, 0.4) is 0 Å². The zero-order chi connectivity index (χ0) is 37.3. The first-order valence-electron chi connectivity index (χ1n) is 18.8. The molecule has 2 aromatic rings. The Hall–Kier alpha value is -4.08. The number of urea groups is 2. The van der Waals surface area contributed by atoms with Crippen molar-refractivity contribution in [2.75, 3.05) is 60.4 Å². The fourth-order valence-electron chi connectivity index (χ4n) is 7.68. The number of hydrogen-bond donors (Lipinski definition) is 3. The Morgan fingerprint density at radius 1 is 0.667 bits per heavy atom. The highest BCUT2D eigenvalue weighted by molar-refractivity contribution is 5.77. The summed E-state index contributed by atoms with van der Waals surface area (Å²) >= 11 is 0. The van der Waals surface area contributed by atoms with E-state index in [0.717, 1.165) is 44.9 Å². The minimum absolute atomic E-state index is 0.0514. The topological polar surface area (TPSA) is 114 Å². The highest BCUT2D eigenvalue weighted by Gasteiger charge is 2.42. The van der Waals surface area contributed by atoms with Gasteiger partial charge in [-0.3, -0.25) is 9.59 Å². The molecule has 0 saturated heterocycles. The summed E-state index contributed by atoms with van der Waals surface area (Å²) in [5.74, 6) is 0.425. The van der Waals surface area contributed by atoms with Crippen molar-refractivity contribution in [2.24, 2.45) is 16.7 Å². The van der Waals surface area contributed by atoms with Gasteiger partial charge >= 0.3 is 12.1 Å². The van der Waals surface area contributed by atoms with E-state index < -0.39 is 0 Å². The van der Waals surface area contributed by atoms with E-state index in [0.29, 0.717) is 58.5 Å². The number of carbonyl (C=O) groups excluding carboxylic acids is 4. The Balaban J connectivity index is 1.31. The lowest BCUT2D eigenvalue weighted by molar-refractivity contribution is -0.130. The van der Waals surface area contributed by atoms with Crippen LogP contribution in [0.5, 0.6) is 0 Å². The van der Waals surface area contributed by atoms with Crippen LogP contribution in [0.1, 0.15) is 83.3 Å². The van der Waals surface area contributed by atoms with Crippen molar-refractivity contribution < 1.29 is 19.2 Å². The molecule has 1 aliphatic rings. The summed E-state index contributed by atoms with van der Waals surface area (Å²) < 4.78 is 0. The largest absolute Gasteiger partial charge is 0.356 e. The van der Waals surface area contributed by atoms with Crippen molar-refractivity contribution in [3.8, 4) is 0 Å². The summed E-state index contributed by atoms with van der Waals surface area (Å²) in [6.45, 7) is 10.1. The van der Waals surface area contributed by atoms with Gasteiger partial charge in [0.2, 0.25) is 11.8 Å². The zero-order valence-electron chi connectivity index (χ0n) is 32.1. The molecule has 51 heavy (non-hydrogen) atoms. The van der Waals surface area contributed by atoms with Gasteiger partial charge in [0, 0.05) is 73.3 Å². The molecule has 3 rings (SSSR count). The molecule has 0 heterocycles. The van der Waals surface area contributed by atoms with Crippen molar-refractivity contribution in [3.05, 3.63) is 71.8 Å². The third-order valence-electron chi connectivity index (χ3n) is 10.00. The van der Waals surface area contributed by atoms with E-state index in [1.807, 2.05) is 55.6 Å². The van der Waals surface area contributed by atoms with Crippen molar-refractivity contribution in [1.29, 1.82) is 0 Å². The first kappa shape index (κ1) is 41.3. The maximum Gasteiger partial charge on any atom is 0.317 e. The zero-order valence-corrected chi connectivity index (χ0v) is 32.1. The van der Waals surface area contributed by atoms with Gasteiger partial charge in [-0.05, 0) is 79.2 Å². The number of nitrogens with one attached hydrogen (secondary N) is 3. The van der Waals surface area contributed by atoms with Crippen molar-refractivity contribution >= 4 is 23.9 Å². The van der Waals surface area contributed by atoms with Gasteiger partial charge in [0.25, 0.3) is 0 Å². The van der Waals surface area contributed by atoms with E-state index in [9.17, 15) is 19.2 Å². The summed E-state index contributed by atoms with van der Waals surface area (Å²) in [4.78, 5) is 56.1. The standard InChI is InChI=1S/C41H64N6O4/c1-40(2)29-35(28-36(48)42-23-14-25-45(4)37(49)21-13-20-33-16-9-7-10-17-33)30-41(3,31-40)32-44-39(51)47(6)27-15-26-46(5)38(50)43-24-22-34-18-11-8-12-19-34/h7-12,16-19,35H,13-15,20-32H2,1-6H3,(H,42,48)(H,43,50)(H,44,51). The van der Waals surface area contributed by atoms with Gasteiger partial charge in [-0.15, -0.1) is 0 Å². The van der Waals surface area contributed by atoms with Gasteiger partial charge in [-0.1, -0.05) is 81.4 Å². The van der Waals surface area contributed by atoms with E-state index >= 15 is 0 Å². The number of hydrogen-bond acceptors (Lipinski definition) is 4. The van der Waals surface area contributed by atoms with Crippen molar-refractivity contribution in [1.82, 2.24) is 30.7 Å². The Labute approximate surface area is 307 Å². The minimum Gasteiger partial charge on any atom is -0.356 e. The second-order valence-electron chi connectivity index (χ2n) is 15.8. The Bertz CT molecular complexity index is 1370. The Morgan fingerprint density at radius 3 is 1.86 bits per heavy atom. The van der Waals surface area contributed by atoms with E-state index in [-0.39, 0.29) is 40.6 Å². The number of aryl methyl sites for hydroxylation is 1. The molecule has 1 saturated carbocycles. The fraction of sp³-hybridized carbons (Fsp3) is 0.610. The molecule has 0 bridgehead atoms. The normalized spacial score (nSPS) is 18.0. The molecule has 2 unspecified atom stereocenters. The molecule has 0 radical (unpaired) electrons. The van der Waals surface area contributed by atoms with Gasteiger partial charge in [0.1, 0.15) is 0 Å². The third kappa shape index (κ3) is 15.8. The second-order valence-corrected chi connectivity index (χ2v) is 15.8. The SMILES string of the molecule is CN(CCCNC(=O)CC1CC(C)(C)CC(C)(CNC(=O)N(C)CCCN(C)C(=O)NCCc2ccccc2)C1)C(=O)CCCc1ccccc1. The second kappa shape index (κ2) is 20.7. The van der Waals surface area contributed by atoms with Gasteiger partial charge in [0.05, 0.1) is 0 Å². The summed E-state index contributed by atoms with van der Waals surface area (Å²) in [6.07, 6.45) is 7.71. The van der Waals surface area contributed by atoms with Crippen LogP contribution in [0.2, 0.25) is 0 Å². The highest BCUT2D eigenvalue weighted by Crippen LogP contribution is 2.49. The van der Waals surface area contributed by atoms with Gasteiger partial charge in [0.15, 0.2) is 0 Å². The molecule has 282 valence electrons. The van der Waals surface area contributed by atoms with Crippen LogP contribution in [0.15, 0.2) is 60.7 Å². The number of rotatable bonds is 19. The first-order chi connectivity index (χ1) is 24.2. The molecule has 1 fully saturated rings. The summed E-state index contributed by atoms with van der Waals surface area (Å²) in [5.41, 5.74) is 2.38. The predicted molar refractivity (Wildman–Crippen MR) is 205 cm³/mol. The molecular formula is C41H64N6O4. The van der Waals surface area contributed by atoms with Crippen molar-refractivity contribution in [3.63, 3.8) is 0 Å². The van der Waals surface area contributed by atoms with Crippen LogP contribution in [0, 0.1) is 16.7 Å². The van der Waals surface area contributed by atoms with Crippen LogP contribution < -0.4 is 16.0 Å². The van der Waals surface area contributed by atoms with Gasteiger partial charge in [-0.2, -0.15) is 0 Å². The Kier molecular flexibility index (Phi) is 16.8. The van der Waals surface area contributed by atoms with Crippen LogP contribution in [-0.4, -0.2) is 99.0 Å². The minimum atomic E-state index is -0.122. The third-order valence-corrected chi connectivity index (χ3v) is 10.00. The predicted octanol–water partition coefficient (Wildman–Crippen LogP) is 6.11. The first-order valence-corrected chi connectivity index (χ1v) is 18.8. The molecule has 0 aromatic heterocycles. The molecule has 0 spiro atoms. The average Bonchev–Trinajstić information content (AvgIpc) is 3.08. The van der Waals surface area contributed by atoms with Crippen LogP contribution in [0.25, 0.3) is 0 Å². The Morgan fingerprint density at radius 2 is 1.24 bits per heavy atom. The quantitative estimate of drug-likeness (QED) is 0.153. The summed E-state index contributed by atoms with van der Waals surface area (Å²) in [7, 11) is 5.40. The summed E-state index contributed by atoms with van der Waals surface area (Å²) in [6, 6.07) is 20.1. The molecule has 6 amide bonds. The highest BCUT2D eigenvalue weighted by atomic mass is 16.2. The molecule has 10 heteroatoms. The molecule has 3 N–H and O–H groups in total. The monoisotopic (exact) mass is 704 g/mol. The maximum absolute atomic E-state index is 13.0. The lowest BCUT2D eigenvalue weighted by Gasteiger charge is -2.47. The van der Waals surface area contributed by atoms with E-state index in [1.54, 1.807) is 28.8 Å². The number of carbonyl (C=O) groups is 4. The van der Waals surface area contributed by atoms with Crippen LogP contribution in [-0.2, 0) is 22.4 Å². The lowest BCUT2D eigenvalue weighted by Crippen LogP contribution is -2.47.